The molecule has 0 aromatic rings. The van der Waals surface area contributed by atoms with Gasteiger partial charge in [-0.2, -0.15) is 0 Å². The minimum atomic E-state index is 0.534. The van der Waals surface area contributed by atoms with Gasteiger partial charge in [-0.05, 0) is 0 Å². The van der Waals surface area contributed by atoms with Gasteiger partial charge < -0.3 is 4.90 Å². The lowest BCUT2D eigenvalue weighted by Crippen LogP contribution is -2.25. The summed E-state index contributed by atoms with van der Waals surface area (Å²) in [6.45, 7) is 2.47. The summed E-state index contributed by atoms with van der Waals surface area (Å²) in [5.74, 6) is 3.06. The Morgan fingerprint density at radius 3 is 2.67 bits per heavy atom. The van der Waals surface area contributed by atoms with Gasteiger partial charge in [0.05, 0.1) is 12.4 Å². The third-order valence-electron chi connectivity index (χ3n) is 1.12. The minimum Gasteiger partial charge on any atom is -0.352 e. The summed E-state index contributed by atoms with van der Waals surface area (Å²) < 4.78 is 0. The maximum absolute atomic E-state index is 7.28. The van der Waals surface area contributed by atoms with Crippen LogP contribution < -0.4 is 0 Å². The first kappa shape index (κ1) is 8.03. The molecular weight excluding hydrogens is 112 g/mol. The van der Waals surface area contributed by atoms with E-state index in [1.54, 1.807) is 4.90 Å². The van der Waals surface area contributed by atoms with Crippen LogP contribution in [0.2, 0.25) is 0 Å². The van der Waals surface area contributed by atoms with E-state index in [0.717, 1.165) is 6.42 Å². The summed E-state index contributed by atoms with van der Waals surface area (Å²) in [7, 11) is 1.83. The second-order valence-corrected chi connectivity index (χ2v) is 1.86. The first-order valence-corrected chi connectivity index (χ1v) is 2.94. The number of hydrogen-bond acceptors (Lipinski definition) is 1. The highest BCUT2D eigenvalue weighted by molar-refractivity contribution is 5.78. The number of terminal acetylenes is 1. The minimum absolute atomic E-state index is 0.534. The summed E-state index contributed by atoms with van der Waals surface area (Å²) >= 11 is 0. The lowest BCUT2D eigenvalue weighted by atomic mass is 10.4. The van der Waals surface area contributed by atoms with E-state index in [2.05, 4.69) is 5.92 Å². The highest BCUT2D eigenvalue weighted by atomic mass is 15.1. The van der Waals surface area contributed by atoms with Gasteiger partial charge in [0, 0.05) is 13.5 Å². The van der Waals surface area contributed by atoms with Gasteiger partial charge >= 0.3 is 0 Å². The van der Waals surface area contributed by atoms with Crippen LogP contribution in [0, 0.1) is 17.8 Å². The molecule has 0 unspecified atom stereocenters. The highest BCUT2D eigenvalue weighted by Crippen LogP contribution is 1.87. The lowest BCUT2D eigenvalue weighted by molar-refractivity contribution is 0.556. The van der Waals surface area contributed by atoms with Gasteiger partial charge in [-0.1, -0.05) is 12.8 Å². The van der Waals surface area contributed by atoms with Crippen molar-refractivity contribution in [1.82, 2.24) is 4.90 Å². The molecule has 0 atom stereocenters. The Hall–Kier alpha value is -0.970. The number of nitrogens with zero attached hydrogens (tertiary/aromatic N) is 1. The molecule has 0 heterocycles. The molecule has 0 amide bonds. The summed E-state index contributed by atoms with van der Waals surface area (Å²) in [4.78, 5) is 1.75. The lowest BCUT2D eigenvalue weighted by Gasteiger charge is -2.14. The zero-order valence-corrected chi connectivity index (χ0v) is 5.94. The molecule has 50 valence electrons. The predicted octanol–water partition coefficient (Wildman–Crippen LogP) is 0.939. The molecule has 0 bridgehead atoms. The van der Waals surface area contributed by atoms with Crippen LogP contribution in [0.4, 0.5) is 0 Å². The summed E-state index contributed by atoms with van der Waals surface area (Å²) in [6.07, 6.45) is 5.78. The van der Waals surface area contributed by atoms with E-state index >= 15 is 0 Å². The number of rotatable bonds is 2. The molecule has 0 aromatic carbocycles. The van der Waals surface area contributed by atoms with E-state index in [-0.39, 0.29) is 0 Å². The van der Waals surface area contributed by atoms with Crippen molar-refractivity contribution < 1.29 is 0 Å². The quantitative estimate of drug-likeness (QED) is 0.331. The molecular formula is C7H12N2. The first-order valence-electron chi connectivity index (χ1n) is 2.94. The van der Waals surface area contributed by atoms with Crippen LogP contribution in [-0.2, 0) is 0 Å². The maximum Gasteiger partial charge on any atom is 0.0960 e. The van der Waals surface area contributed by atoms with Crippen LogP contribution in [0.15, 0.2) is 0 Å². The molecule has 0 aromatic heterocycles. The van der Waals surface area contributed by atoms with E-state index in [4.69, 9.17) is 11.8 Å². The van der Waals surface area contributed by atoms with Crippen molar-refractivity contribution in [2.75, 3.05) is 13.6 Å². The Bertz CT molecular complexity index is 132. The Morgan fingerprint density at radius 2 is 2.33 bits per heavy atom. The van der Waals surface area contributed by atoms with E-state index in [1.165, 1.54) is 0 Å². The average molecular weight is 124 g/mol. The zero-order chi connectivity index (χ0) is 7.28. The van der Waals surface area contributed by atoms with Gasteiger partial charge in [0.15, 0.2) is 0 Å². The summed E-state index contributed by atoms with van der Waals surface area (Å²) in [5, 5.41) is 7.28. The second kappa shape index (κ2) is 3.96. The van der Waals surface area contributed by atoms with Gasteiger partial charge in [0.1, 0.15) is 0 Å². The fraction of sp³-hybridized carbons (Fsp3) is 0.571. The fourth-order valence-electron chi connectivity index (χ4n) is 0.502. The highest BCUT2D eigenvalue weighted by Gasteiger charge is 1.96. The van der Waals surface area contributed by atoms with Crippen molar-refractivity contribution in [1.29, 1.82) is 5.41 Å². The van der Waals surface area contributed by atoms with Crippen molar-refractivity contribution in [3.8, 4) is 12.3 Å². The van der Waals surface area contributed by atoms with Crippen LogP contribution >= 0.6 is 0 Å². The van der Waals surface area contributed by atoms with Crippen LogP contribution in [0.25, 0.3) is 0 Å². The van der Waals surface area contributed by atoms with Crippen molar-refractivity contribution in [2.24, 2.45) is 0 Å². The van der Waals surface area contributed by atoms with Gasteiger partial charge in [0.2, 0.25) is 0 Å². The molecule has 0 saturated carbocycles. The number of nitrogens with one attached hydrogen (secondary N) is 1. The monoisotopic (exact) mass is 124 g/mol. The molecule has 0 radical (unpaired) electrons. The maximum atomic E-state index is 7.28. The standard InChI is InChI=1S/C7H12N2/c1-4-6-9(3)7(8)5-2/h1,8H,5-6H2,2-3H3. The molecule has 0 saturated heterocycles. The molecule has 2 nitrogen and oxygen atoms in total. The van der Waals surface area contributed by atoms with Crippen LogP contribution in [-0.4, -0.2) is 24.3 Å². The number of hydrogen-bond donors (Lipinski definition) is 1. The number of amidine groups is 1. The molecule has 0 rings (SSSR count). The van der Waals surface area contributed by atoms with E-state index in [9.17, 15) is 0 Å². The van der Waals surface area contributed by atoms with Crippen molar-refractivity contribution >= 4 is 5.84 Å². The molecule has 0 aliphatic heterocycles. The zero-order valence-electron chi connectivity index (χ0n) is 5.94. The second-order valence-electron chi connectivity index (χ2n) is 1.86. The molecule has 9 heavy (non-hydrogen) atoms. The Labute approximate surface area is 56.4 Å². The largest absolute Gasteiger partial charge is 0.352 e. The normalized spacial score (nSPS) is 8.11. The van der Waals surface area contributed by atoms with Gasteiger partial charge in [-0.15, -0.1) is 6.42 Å². The van der Waals surface area contributed by atoms with Crippen LogP contribution in [0.5, 0.6) is 0 Å². The molecule has 0 aliphatic rings. The fourth-order valence-corrected chi connectivity index (χ4v) is 0.502. The Balaban J connectivity index is 3.62. The summed E-state index contributed by atoms with van der Waals surface area (Å²) in [5.41, 5.74) is 0. The van der Waals surface area contributed by atoms with Gasteiger partial charge in [-0.25, -0.2) is 0 Å². The Kier molecular flexibility index (Phi) is 3.54. The van der Waals surface area contributed by atoms with E-state index in [1.807, 2.05) is 14.0 Å². The smallest absolute Gasteiger partial charge is 0.0960 e. The molecule has 0 aliphatic carbocycles. The predicted molar refractivity (Wildman–Crippen MR) is 39.5 cm³/mol. The van der Waals surface area contributed by atoms with Crippen molar-refractivity contribution in [3.05, 3.63) is 0 Å². The topological polar surface area (TPSA) is 27.1 Å². The van der Waals surface area contributed by atoms with Crippen LogP contribution in [0.1, 0.15) is 13.3 Å². The van der Waals surface area contributed by atoms with E-state index < -0.39 is 0 Å². The molecule has 0 fully saturated rings. The van der Waals surface area contributed by atoms with Crippen molar-refractivity contribution in [3.63, 3.8) is 0 Å². The van der Waals surface area contributed by atoms with Gasteiger partial charge in [0.25, 0.3) is 0 Å². The average Bonchev–Trinajstić information content (AvgIpc) is 1.87. The third kappa shape index (κ3) is 2.76. The first-order chi connectivity index (χ1) is 4.22. The third-order valence-corrected chi connectivity index (χ3v) is 1.12. The summed E-state index contributed by atoms with van der Waals surface area (Å²) in [6, 6.07) is 0. The van der Waals surface area contributed by atoms with Crippen molar-refractivity contribution in [2.45, 2.75) is 13.3 Å². The Morgan fingerprint density at radius 1 is 1.78 bits per heavy atom. The SMILES string of the molecule is C#CCN(C)C(=N)CC. The molecule has 1 N–H and O–H groups in total. The van der Waals surface area contributed by atoms with E-state index in [0.29, 0.717) is 12.4 Å². The van der Waals surface area contributed by atoms with Gasteiger partial charge in [-0.3, -0.25) is 5.41 Å². The molecule has 2 heteroatoms. The molecule has 0 spiro atoms. The van der Waals surface area contributed by atoms with Crippen LogP contribution in [0.3, 0.4) is 0 Å².